The van der Waals surface area contributed by atoms with Gasteiger partial charge in [0.2, 0.25) is 0 Å². The number of rotatable bonds is 4. The molecule has 1 aliphatic heterocycles. The van der Waals surface area contributed by atoms with Crippen molar-refractivity contribution in [3.05, 3.63) is 23.8 Å². The zero-order chi connectivity index (χ0) is 16.5. The number of esters is 1. The quantitative estimate of drug-likeness (QED) is 0.649. The molecule has 0 saturated carbocycles. The van der Waals surface area contributed by atoms with Crippen LogP contribution in [0.25, 0.3) is 0 Å². The lowest BCUT2D eigenvalue weighted by Gasteiger charge is -2.15. The highest BCUT2D eigenvalue weighted by atomic mass is 32.2. The number of amides is 1. The SMILES string of the molecule is CCOC(=O)C1=NN(c2ccc(C)cc2S(=O)(=O)O)C(=O)C1. The summed E-state index contributed by atoms with van der Waals surface area (Å²) >= 11 is 0. The van der Waals surface area contributed by atoms with Crippen LogP contribution in [0.1, 0.15) is 18.9 Å². The number of carbonyl (C=O) groups excluding carboxylic acids is 2. The molecule has 0 fully saturated rings. The summed E-state index contributed by atoms with van der Waals surface area (Å²) in [5, 5.41) is 4.60. The zero-order valence-electron chi connectivity index (χ0n) is 11.9. The summed E-state index contributed by atoms with van der Waals surface area (Å²) < 4.78 is 37.0. The third kappa shape index (κ3) is 3.15. The van der Waals surface area contributed by atoms with Gasteiger partial charge in [0, 0.05) is 0 Å². The Hall–Kier alpha value is -2.26. The van der Waals surface area contributed by atoms with E-state index in [1.807, 2.05) is 0 Å². The van der Waals surface area contributed by atoms with Crippen molar-refractivity contribution in [1.29, 1.82) is 0 Å². The van der Waals surface area contributed by atoms with Crippen molar-refractivity contribution in [3.8, 4) is 0 Å². The van der Waals surface area contributed by atoms with E-state index in [1.165, 1.54) is 12.1 Å². The molecular formula is C13H14N2O6S. The first-order valence-corrected chi connectivity index (χ1v) is 7.83. The lowest BCUT2D eigenvalue weighted by Crippen LogP contribution is -2.22. The number of aryl methyl sites for hydroxylation is 1. The van der Waals surface area contributed by atoms with Gasteiger partial charge in [-0.15, -0.1) is 0 Å². The van der Waals surface area contributed by atoms with Gasteiger partial charge in [0.25, 0.3) is 16.0 Å². The highest BCUT2D eigenvalue weighted by molar-refractivity contribution is 7.86. The van der Waals surface area contributed by atoms with Crippen molar-refractivity contribution in [2.45, 2.75) is 25.2 Å². The smallest absolute Gasteiger partial charge is 0.355 e. The first-order valence-electron chi connectivity index (χ1n) is 6.39. The molecule has 0 aliphatic carbocycles. The molecule has 1 heterocycles. The third-order valence-electron chi connectivity index (χ3n) is 2.91. The van der Waals surface area contributed by atoms with Gasteiger partial charge in [0.05, 0.1) is 18.7 Å². The van der Waals surface area contributed by atoms with E-state index in [-0.39, 0.29) is 24.4 Å². The molecule has 0 radical (unpaired) electrons. The second-order valence-corrected chi connectivity index (χ2v) is 5.99. The molecule has 1 aliphatic rings. The molecule has 1 aromatic rings. The Balaban J connectivity index is 2.49. The standard InChI is InChI=1S/C13H14N2O6S/c1-3-21-13(17)9-7-12(16)15(14-9)10-5-4-8(2)6-11(10)22(18,19)20/h4-6H,3,7H2,1-2H3,(H,18,19,20). The molecule has 0 saturated heterocycles. The van der Waals surface area contributed by atoms with E-state index in [9.17, 15) is 22.6 Å². The molecule has 1 amide bonds. The fourth-order valence-corrected chi connectivity index (χ4v) is 2.70. The summed E-state index contributed by atoms with van der Waals surface area (Å²) in [7, 11) is -4.54. The number of ether oxygens (including phenoxy) is 1. The van der Waals surface area contributed by atoms with Crippen LogP contribution in [0.15, 0.2) is 28.2 Å². The first-order chi connectivity index (χ1) is 10.2. The van der Waals surface area contributed by atoms with Gasteiger partial charge in [-0.05, 0) is 31.5 Å². The molecule has 0 unspecified atom stereocenters. The van der Waals surface area contributed by atoms with Crippen molar-refractivity contribution < 1.29 is 27.3 Å². The number of nitrogens with zero attached hydrogens (tertiary/aromatic N) is 2. The average molecular weight is 326 g/mol. The average Bonchev–Trinajstić information content (AvgIpc) is 2.80. The molecule has 0 spiro atoms. The van der Waals surface area contributed by atoms with Crippen molar-refractivity contribution in [2.24, 2.45) is 5.10 Å². The Bertz CT molecular complexity index is 769. The monoisotopic (exact) mass is 326 g/mol. The molecule has 1 aromatic carbocycles. The lowest BCUT2D eigenvalue weighted by atomic mass is 10.2. The van der Waals surface area contributed by atoms with Gasteiger partial charge in [0.15, 0.2) is 5.71 Å². The molecule has 2 rings (SSSR count). The Morgan fingerprint density at radius 1 is 1.45 bits per heavy atom. The molecular weight excluding hydrogens is 312 g/mol. The first kappa shape index (κ1) is 16.1. The van der Waals surface area contributed by atoms with Crippen LogP contribution in [0.2, 0.25) is 0 Å². The second-order valence-electron chi connectivity index (χ2n) is 4.60. The minimum atomic E-state index is -4.54. The van der Waals surface area contributed by atoms with Crippen LogP contribution < -0.4 is 5.01 Å². The third-order valence-corrected chi connectivity index (χ3v) is 3.79. The van der Waals surface area contributed by atoms with Crippen molar-refractivity contribution in [1.82, 2.24) is 0 Å². The van der Waals surface area contributed by atoms with Gasteiger partial charge in [-0.3, -0.25) is 9.35 Å². The van der Waals surface area contributed by atoms with Gasteiger partial charge in [-0.25, -0.2) is 4.79 Å². The number of anilines is 1. The van der Waals surface area contributed by atoms with Crippen LogP contribution in [-0.2, 0) is 24.4 Å². The van der Waals surface area contributed by atoms with Gasteiger partial charge in [0.1, 0.15) is 4.90 Å². The number of benzene rings is 1. The molecule has 9 heteroatoms. The van der Waals surface area contributed by atoms with Gasteiger partial charge in [-0.2, -0.15) is 18.5 Å². The van der Waals surface area contributed by atoms with Crippen LogP contribution in [-0.4, -0.2) is 37.2 Å². The fraction of sp³-hybridized carbons (Fsp3) is 0.308. The second kappa shape index (κ2) is 5.85. The summed E-state index contributed by atoms with van der Waals surface area (Å²) in [5.74, 6) is -1.32. The van der Waals surface area contributed by atoms with E-state index in [2.05, 4.69) is 5.10 Å². The van der Waals surface area contributed by atoms with Gasteiger partial charge in [-0.1, -0.05) is 6.07 Å². The Morgan fingerprint density at radius 3 is 2.73 bits per heavy atom. The normalized spacial score (nSPS) is 15.0. The number of hydrazone groups is 1. The van der Waals surface area contributed by atoms with Crippen LogP contribution in [0.5, 0.6) is 0 Å². The molecule has 0 aromatic heterocycles. The maximum absolute atomic E-state index is 12.0. The molecule has 118 valence electrons. The largest absolute Gasteiger partial charge is 0.461 e. The zero-order valence-corrected chi connectivity index (χ0v) is 12.8. The predicted octanol–water partition coefficient (Wildman–Crippen LogP) is 0.898. The highest BCUT2D eigenvalue weighted by Gasteiger charge is 2.33. The van der Waals surface area contributed by atoms with Gasteiger partial charge < -0.3 is 4.74 Å². The summed E-state index contributed by atoms with van der Waals surface area (Å²) in [6, 6.07) is 4.12. The lowest BCUT2D eigenvalue weighted by molar-refractivity contribution is -0.135. The fourth-order valence-electron chi connectivity index (χ4n) is 1.95. The van der Waals surface area contributed by atoms with Gasteiger partial charge >= 0.3 is 5.97 Å². The number of hydrogen-bond acceptors (Lipinski definition) is 6. The van der Waals surface area contributed by atoms with E-state index in [4.69, 9.17) is 4.74 Å². The number of carbonyl (C=O) groups is 2. The maximum Gasteiger partial charge on any atom is 0.355 e. The molecule has 1 N–H and O–H groups in total. The van der Waals surface area contributed by atoms with E-state index in [0.717, 1.165) is 5.01 Å². The Kier molecular flexibility index (Phi) is 4.29. The molecule has 0 atom stereocenters. The molecule has 8 nitrogen and oxygen atoms in total. The predicted molar refractivity (Wildman–Crippen MR) is 77.2 cm³/mol. The van der Waals surface area contributed by atoms with Crippen molar-refractivity contribution >= 4 is 33.4 Å². The topological polar surface area (TPSA) is 113 Å². The van der Waals surface area contributed by atoms with Crippen molar-refractivity contribution in [3.63, 3.8) is 0 Å². The molecule has 22 heavy (non-hydrogen) atoms. The van der Waals surface area contributed by atoms with Crippen LogP contribution in [0.4, 0.5) is 5.69 Å². The maximum atomic E-state index is 12.0. The van der Waals surface area contributed by atoms with Crippen LogP contribution >= 0.6 is 0 Å². The summed E-state index contributed by atoms with van der Waals surface area (Å²) in [6.45, 7) is 3.38. The summed E-state index contributed by atoms with van der Waals surface area (Å²) in [5.41, 5.74) is 0.351. The Labute approximate surface area is 127 Å². The minimum absolute atomic E-state index is 0.114. The van der Waals surface area contributed by atoms with E-state index < -0.39 is 26.9 Å². The number of hydrogen-bond donors (Lipinski definition) is 1. The Morgan fingerprint density at radius 2 is 2.14 bits per heavy atom. The minimum Gasteiger partial charge on any atom is -0.461 e. The summed E-state index contributed by atoms with van der Waals surface area (Å²) in [6.07, 6.45) is -0.294. The van der Waals surface area contributed by atoms with E-state index in [0.29, 0.717) is 5.56 Å². The van der Waals surface area contributed by atoms with E-state index >= 15 is 0 Å². The van der Waals surface area contributed by atoms with E-state index in [1.54, 1.807) is 19.9 Å². The summed E-state index contributed by atoms with van der Waals surface area (Å²) in [4.78, 5) is 23.1. The van der Waals surface area contributed by atoms with Crippen LogP contribution in [0.3, 0.4) is 0 Å². The molecule has 0 bridgehead atoms. The van der Waals surface area contributed by atoms with Crippen molar-refractivity contribution in [2.75, 3.05) is 11.6 Å². The highest BCUT2D eigenvalue weighted by Crippen LogP contribution is 2.29. The van der Waals surface area contributed by atoms with Crippen LogP contribution in [0, 0.1) is 6.92 Å².